The lowest BCUT2D eigenvalue weighted by molar-refractivity contribution is -0.166. The monoisotopic (exact) mass is 477 g/mol. The molecule has 1 spiro atoms. The van der Waals surface area contributed by atoms with Crippen molar-refractivity contribution in [3.8, 4) is 12.3 Å². The highest BCUT2D eigenvalue weighted by Crippen LogP contribution is 2.37. The Balaban J connectivity index is 1.62. The molecule has 5 nitrogen and oxygen atoms in total. The van der Waals surface area contributed by atoms with Crippen molar-refractivity contribution >= 4 is 17.5 Å². The van der Waals surface area contributed by atoms with Crippen molar-refractivity contribution in [2.75, 3.05) is 31.1 Å². The lowest BCUT2D eigenvalue weighted by atomic mass is 9.83. The highest BCUT2D eigenvalue weighted by atomic mass is 19.4. The molecule has 2 saturated heterocycles. The van der Waals surface area contributed by atoms with Crippen molar-refractivity contribution in [1.82, 2.24) is 9.80 Å². The van der Waals surface area contributed by atoms with E-state index in [-0.39, 0.29) is 26.2 Å². The summed E-state index contributed by atoms with van der Waals surface area (Å²) in [5.41, 5.74) is -0.797. The number of anilines is 1. The minimum Gasteiger partial charge on any atom is -0.320 e. The van der Waals surface area contributed by atoms with E-state index in [1.54, 1.807) is 24.3 Å². The van der Waals surface area contributed by atoms with E-state index < -0.39 is 42.1 Å². The molecular weight excluding hydrogens is 457 g/mol. The Bertz CT molecular complexity index is 1120. The van der Waals surface area contributed by atoms with Crippen LogP contribution in [0.4, 0.5) is 27.6 Å². The Labute approximate surface area is 192 Å². The van der Waals surface area contributed by atoms with Crippen molar-refractivity contribution < 1.29 is 31.5 Å². The van der Waals surface area contributed by atoms with E-state index >= 15 is 0 Å². The summed E-state index contributed by atoms with van der Waals surface area (Å²) in [6.07, 6.45) is -1.75. The van der Waals surface area contributed by atoms with Gasteiger partial charge in [-0.25, -0.2) is 8.78 Å². The number of benzene rings is 2. The van der Waals surface area contributed by atoms with Crippen molar-refractivity contribution in [2.45, 2.75) is 24.7 Å². The number of hydrogen-bond acceptors (Lipinski definition) is 3. The molecule has 0 atom stereocenters. The predicted octanol–water partition coefficient (Wildman–Crippen LogP) is 3.38. The van der Waals surface area contributed by atoms with E-state index in [4.69, 9.17) is 6.42 Å². The molecule has 2 aliphatic heterocycles. The van der Waals surface area contributed by atoms with Crippen LogP contribution in [0, 0.1) is 12.3 Å². The first-order valence-electron chi connectivity index (χ1n) is 10.4. The molecule has 0 unspecified atom stereocenters. The van der Waals surface area contributed by atoms with Crippen molar-refractivity contribution in [3.63, 3.8) is 0 Å². The number of hydrogen-bond donors (Lipinski definition) is 0. The fraction of sp³-hybridized carbons (Fsp3) is 0.333. The Morgan fingerprint density at radius 3 is 2.15 bits per heavy atom. The topological polar surface area (TPSA) is 43.9 Å². The van der Waals surface area contributed by atoms with Crippen molar-refractivity contribution in [1.29, 1.82) is 0 Å². The van der Waals surface area contributed by atoms with Crippen molar-refractivity contribution in [2.24, 2.45) is 0 Å². The summed E-state index contributed by atoms with van der Waals surface area (Å²) in [6.45, 7) is -1.14. The van der Waals surface area contributed by atoms with Crippen molar-refractivity contribution in [3.05, 3.63) is 65.2 Å². The van der Waals surface area contributed by atoms with Crippen LogP contribution in [0.3, 0.4) is 0 Å². The normalized spacial score (nSPS) is 18.4. The van der Waals surface area contributed by atoms with Crippen LogP contribution in [-0.2, 0) is 22.3 Å². The largest absolute Gasteiger partial charge is 0.416 e. The average Bonchev–Trinajstić information content (AvgIpc) is 2.76. The summed E-state index contributed by atoms with van der Waals surface area (Å²) in [4.78, 5) is 30.7. The molecule has 178 valence electrons. The zero-order valence-corrected chi connectivity index (χ0v) is 17.9. The van der Waals surface area contributed by atoms with Crippen LogP contribution in [0.25, 0.3) is 0 Å². The smallest absolute Gasteiger partial charge is 0.320 e. The quantitative estimate of drug-likeness (QED) is 0.490. The predicted molar refractivity (Wildman–Crippen MR) is 114 cm³/mol. The van der Waals surface area contributed by atoms with Gasteiger partial charge < -0.3 is 9.80 Å². The third-order valence-corrected chi connectivity index (χ3v) is 6.09. The van der Waals surface area contributed by atoms with Crippen LogP contribution >= 0.6 is 0 Å². The average molecular weight is 477 g/mol. The second kappa shape index (κ2) is 8.72. The van der Waals surface area contributed by atoms with E-state index in [1.165, 1.54) is 26.8 Å². The van der Waals surface area contributed by atoms with Gasteiger partial charge in [0.25, 0.3) is 12.3 Å². The number of rotatable bonds is 5. The van der Waals surface area contributed by atoms with Gasteiger partial charge in [-0.3, -0.25) is 14.5 Å². The zero-order chi connectivity index (χ0) is 24.7. The van der Waals surface area contributed by atoms with Gasteiger partial charge >= 0.3 is 6.18 Å². The van der Waals surface area contributed by atoms with Gasteiger partial charge in [-0.15, -0.1) is 6.42 Å². The van der Waals surface area contributed by atoms with E-state index in [9.17, 15) is 31.5 Å². The Morgan fingerprint density at radius 1 is 1.00 bits per heavy atom. The van der Waals surface area contributed by atoms with Gasteiger partial charge in [-0.2, -0.15) is 13.2 Å². The summed E-state index contributed by atoms with van der Waals surface area (Å²) >= 11 is 0. The number of alkyl halides is 5. The molecular formula is C24H20F5N3O2. The summed E-state index contributed by atoms with van der Waals surface area (Å²) in [6, 6.07) is 10.8. The van der Waals surface area contributed by atoms with Gasteiger partial charge in [0.15, 0.2) is 0 Å². The summed E-state index contributed by atoms with van der Waals surface area (Å²) in [5.74, 6) is 1.59. The third kappa shape index (κ3) is 4.35. The van der Waals surface area contributed by atoms with Crippen LogP contribution in [0.1, 0.15) is 16.7 Å². The van der Waals surface area contributed by atoms with E-state index in [0.29, 0.717) is 16.8 Å². The maximum absolute atomic E-state index is 13.6. The Morgan fingerprint density at radius 2 is 1.62 bits per heavy atom. The van der Waals surface area contributed by atoms with Crippen LogP contribution in [0.5, 0.6) is 0 Å². The molecule has 0 radical (unpaired) electrons. The second-order valence-electron chi connectivity index (χ2n) is 8.35. The summed E-state index contributed by atoms with van der Waals surface area (Å²) in [5, 5.41) is 0. The molecule has 2 aromatic carbocycles. The first-order valence-corrected chi connectivity index (χ1v) is 10.4. The molecule has 0 saturated carbocycles. The molecule has 0 bridgehead atoms. The third-order valence-electron chi connectivity index (χ3n) is 6.09. The fourth-order valence-corrected chi connectivity index (χ4v) is 4.39. The molecule has 10 heteroatoms. The van der Waals surface area contributed by atoms with Gasteiger partial charge in [0.1, 0.15) is 12.1 Å². The number of carbonyl (C=O) groups excluding carboxylic acids is 2. The lowest BCUT2D eigenvalue weighted by Gasteiger charge is -2.58. The molecule has 2 aromatic rings. The fourth-order valence-electron chi connectivity index (χ4n) is 4.39. The maximum Gasteiger partial charge on any atom is 0.416 e. The molecule has 2 heterocycles. The number of carbonyl (C=O) groups is 2. The van der Waals surface area contributed by atoms with Gasteiger partial charge in [0.2, 0.25) is 5.91 Å². The molecule has 34 heavy (non-hydrogen) atoms. The summed E-state index contributed by atoms with van der Waals surface area (Å²) < 4.78 is 64.5. The minimum atomic E-state index is -4.50. The SMILES string of the molecule is C#Cc1ccc(N2CC(=O)N(Cc3ccc(C(F)(F)F)cc3)C3(CN(CC(F)F)C3)C2=O)cc1. The number of piperazine rings is 1. The van der Waals surface area contributed by atoms with E-state index in [0.717, 1.165) is 12.1 Å². The van der Waals surface area contributed by atoms with Gasteiger partial charge in [0.05, 0.1) is 12.1 Å². The molecule has 0 aromatic heterocycles. The van der Waals surface area contributed by atoms with E-state index in [2.05, 4.69) is 5.92 Å². The molecule has 0 N–H and O–H groups in total. The number of halogens is 5. The number of amides is 2. The molecule has 2 amide bonds. The number of terminal acetylenes is 1. The van der Waals surface area contributed by atoms with E-state index in [1.807, 2.05) is 0 Å². The highest BCUT2D eigenvalue weighted by Gasteiger charge is 2.59. The molecule has 2 aliphatic rings. The van der Waals surface area contributed by atoms with Crippen LogP contribution in [-0.4, -0.2) is 59.8 Å². The number of likely N-dealkylation sites (tertiary alicyclic amines) is 1. The summed E-state index contributed by atoms with van der Waals surface area (Å²) in [7, 11) is 0. The maximum atomic E-state index is 13.6. The number of nitrogens with zero attached hydrogens (tertiary/aromatic N) is 3. The Hall–Kier alpha value is -3.45. The second-order valence-corrected chi connectivity index (χ2v) is 8.35. The molecule has 2 fully saturated rings. The standard InChI is InChI=1S/C24H20F5N3O2/c1-2-16-5-9-19(10-6-16)31-13-21(33)32(11-17-3-7-18(8-4-17)24(27,28)29)23(22(31)34)14-30(15-23)12-20(25)26/h1,3-10,20H,11-15H2. The van der Waals surface area contributed by atoms with Crippen LogP contribution in [0.15, 0.2) is 48.5 Å². The van der Waals surface area contributed by atoms with Gasteiger partial charge in [0, 0.05) is 30.9 Å². The van der Waals surface area contributed by atoms with Gasteiger partial charge in [-0.05, 0) is 42.0 Å². The van der Waals surface area contributed by atoms with Crippen LogP contribution in [0.2, 0.25) is 0 Å². The first-order chi connectivity index (χ1) is 16.0. The first kappa shape index (κ1) is 23.7. The molecule has 0 aliphatic carbocycles. The highest BCUT2D eigenvalue weighted by molar-refractivity contribution is 6.10. The van der Waals surface area contributed by atoms with Crippen LogP contribution < -0.4 is 4.90 Å². The minimum absolute atomic E-state index is 0.0957. The lowest BCUT2D eigenvalue weighted by Crippen LogP contribution is -2.80. The zero-order valence-electron chi connectivity index (χ0n) is 17.9. The molecule has 4 rings (SSSR count). The Kier molecular flexibility index (Phi) is 6.08. The van der Waals surface area contributed by atoms with Gasteiger partial charge in [-0.1, -0.05) is 18.1 Å².